The van der Waals surface area contributed by atoms with E-state index in [1.54, 1.807) is 17.6 Å². The van der Waals surface area contributed by atoms with Gasteiger partial charge in [0.05, 0.1) is 22.1 Å². The van der Waals surface area contributed by atoms with Crippen molar-refractivity contribution in [3.05, 3.63) is 71.0 Å². The largest absolute Gasteiger partial charge is 0.378 e. The van der Waals surface area contributed by atoms with Crippen LogP contribution >= 0.6 is 23.1 Å². The summed E-state index contributed by atoms with van der Waals surface area (Å²) in [5, 5.41) is 19.5. The highest BCUT2D eigenvalue weighted by Gasteiger charge is 2.24. The molecule has 3 heterocycles. The number of thioether (sulfide) groups is 1. The fraction of sp³-hybridized carbons (Fsp3) is 0.0952. The minimum absolute atomic E-state index is 0.0284. The third-order valence-electron chi connectivity index (χ3n) is 4.84. The number of hydrogen-bond donors (Lipinski definition) is 2. The average Bonchev–Trinajstić information content (AvgIpc) is 3.56. The van der Waals surface area contributed by atoms with E-state index in [1.165, 1.54) is 16.4 Å². The summed E-state index contributed by atoms with van der Waals surface area (Å²) in [4.78, 5) is 17.5. The third-order valence-corrected chi connectivity index (χ3v) is 7.03. The molecule has 0 saturated heterocycles. The average molecular weight is 492 g/mol. The van der Waals surface area contributed by atoms with Crippen molar-refractivity contribution in [1.29, 1.82) is 0 Å². The van der Waals surface area contributed by atoms with Crippen LogP contribution in [0.5, 0.6) is 0 Å². The van der Waals surface area contributed by atoms with E-state index in [0.717, 1.165) is 25.7 Å². The molecule has 0 saturated carbocycles. The lowest BCUT2D eigenvalue weighted by atomic mass is 10.1. The number of anilines is 1. The highest BCUT2D eigenvalue weighted by atomic mass is 32.2. The monoisotopic (exact) mass is 491 g/mol. The maximum atomic E-state index is 12.9. The van der Waals surface area contributed by atoms with Gasteiger partial charge < -0.3 is 5.73 Å². The SMILES string of the molecule is Cc1ccccc1/C=N\NC(=O)c1nnn(-c2nonc2N)c1CSc1nc2ccccc2s1. The number of nitrogens with zero attached hydrogens (tertiary/aromatic N) is 7. The number of para-hydroxylation sites is 1. The zero-order valence-corrected chi connectivity index (χ0v) is 19.4. The van der Waals surface area contributed by atoms with Crippen LogP contribution in [0.1, 0.15) is 27.3 Å². The third kappa shape index (κ3) is 4.38. The van der Waals surface area contributed by atoms with Gasteiger partial charge in [-0.3, -0.25) is 4.79 Å². The second kappa shape index (κ2) is 9.41. The Morgan fingerprint density at radius 2 is 2.06 bits per heavy atom. The Morgan fingerprint density at radius 1 is 1.24 bits per heavy atom. The zero-order valence-electron chi connectivity index (χ0n) is 17.7. The molecule has 5 aromatic rings. The molecule has 170 valence electrons. The number of amides is 1. The van der Waals surface area contributed by atoms with E-state index in [0.29, 0.717) is 11.4 Å². The van der Waals surface area contributed by atoms with Crippen molar-refractivity contribution < 1.29 is 9.42 Å². The number of nitrogens with two attached hydrogens (primary N) is 1. The van der Waals surface area contributed by atoms with Gasteiger partial charge in [0.25, 0.3) is 5.91 Å². The van der Waals surface area contributed by atoms with Crippen molar-refractivity contribution in [3.63, 3.8) is 0 Å². The normalized spacial score (nSPS) is 11.4. The molecule has 1 amide bonds. The number of hydrogen-bond acceptors (Lipinski definition) is 11. The maximum absolute atomic E-state index is 12.9. The van der Waals surface area contributed by atoms with Crippen LogP contribution in [0.15, 0.2) is 62.6 Å². The van der Waals surface area contributed by atoms with Gasteiger partial charge in [-0.05, 0) is 40.5 Å². The number of aryl methyl sites for hydroxylation is 1. The molecule has 2 aromatic carbocycles. The van der Waals surface area contributed by atoms with E-state index < -0.39 is 5.91 Å². The van der Waals surface area contributed by atoms with Crippen molar-refractivity contribution in [3.8, 4) is 5.82 Å². The van der Waals surface area contributed by atoms with Gasteiger partial charge in [-0.1, -0.05) is 53.4 Å². The summed E-state index contributed by atoms with van der Waals surface area (Å²) >= 11 is 3.00. The number of thiazole rings is 1. The van der Waals surface area contributed by atoms with Gasteiger partial charge in [-0.25, -0.2) is 15.0 Å². The first kappa shape index (κ1) is 21.7. The summed E-state index contributed by atoms with van der Waals surface area (Å²) in [5.41, 5.74) is 11.7. The minimum atomic E-state index is -0.522. The van der Waals surface area contributed by atoms with Gasteiger partial charge in [0.15, 0.2) is 10.0 Å². The standard InChI is InChI=1S/C21H17N9O2S2/c1-12-6-2-3-7-13(12)10-23-26-20(31)17-15(30(29-25-17)19-18(22)27-32-28-19)11-33-21-24-14-8-4-5-9-16(14)34-21/h2-10H,11H2,1H3,(H2,22,27)(H,26,31)/b23-10-. The number of carbonyl (C=O) groups is 1. The molecule has 13 heteroatoms. The Morgan fingerprint density at radius 3 is 2.85 bits per heavy atom. The van der Waals surface area contributed by atoms with Crippen LogP contribution in [0.3, 0.4) is 0 Å². The van der Waals surface area contributed by atoms with Gasteiger partial charge >= 0.3 is 0 Å². The Kier molecular flexibility index (Phi) is 6.01. The molecular formula is C21H17N9O2S2. The number of nitrogens with one attached hydrogen (secondary N) is 1. The van der Waals surface area contributed by atoms with Crippen LogP contribution in [-0.2, 0) is 5.75 Å². The van der Waals surface area contributed by atoms with E-state index in [1.807, 2.05) is 55.5 Å². The summed E-state index contributed by atoms with van der Waals surface area (Å²) < 4.78 is 7.95. The van der Waals surface area contributed by atoms with Crippen molar-refractivity contribution in [2.75, 3.05) is 5.73 Å². The van der Waals surface area contributed by atoms with Crippen molar-refractivity contribution in [2.24, 2.45) is 5.10 Å². The van der Waals surface area contributed by atoms with Crippen LogP contribution < -0.4 is 11.2 Å². The lowest BCUT2D eigenvalue weighted by Gasteiger charge is -2.04. The Balaban J connectivity index is 1.41. The van der Waals surface area contributed by atoms with E-state index in [9.17, 15) is 4.79 Å². The van der Waals surface area contributed by atoms with E-state index in [2.05, 4.69) is 36.1 Å². The second-order valence-corrected chi connectivity index (χ2v) is 9.31. The van der Waals surface area contributed by atoms with Crippen molar-refractivity contribution >= 4 is 51.3 Å². The molecule has 0 unspecified atom stereocenters. The molecule has 0 fully saturated rings. The van der Waals surface area contributed by atoms with E-state index in [4.69, 9.17) is 10.4 Å². The summed E-state index contributed by atoms with van der Waals surface area (Å²) in [7, 11) is 0. The van der Waals surface area contributed by atoms with Gasteiger partial charge in [0.2, 0.25) is 11.6 Å². The Labute approximate surface area is 201 Å². The van der Waals surface area contributed by atoms with Gasteiger partial charge in [-0.2, -0.15) is 9.78 Å². The molecule has 34 heavy (non-hydrogen) atoms. The first-order valence-corrected chi connectivity index (χ1v) is 11.8. The second-order valence-electron chi connectivity index (χ2n) is 7.06. The predicted octanol–water partition coefficient (Wildman–Crippen LogP) is 3.21. The zero-order chi connectivity index (χ0) is 23.5. The Hall–Kier alpha value is -4.10. The molecular weight excluding hydrogens is 474 g/mol. The molecule has 3 N–H and O–H groups in total. The molecule has 0 radical (unpaired) electrons. The first-order chi connectivity index (χ1) is 16.6. The smallest absolute Gasteiger partial charge is 0.293 e. The molecule has 0 bridgehead atoms. The molecule has 11 nitrogen and oxygen atoms in total. The highest BCUT2D eigenvalue weighted by molar-refractivity contribution is 8.00. The molecule has 0 aliphatic rings. The predicted molar refractivity (Wildman–Crippen MR) is 129 cm³/mol. The number of aromatic nitrogens is 6. The van der Waals surface area contributed by atoms with Gasteiger partial charge in [0, 0.05) is 5.75 Å². The molecule has 3 aromatic heterocycles. The lowest BCUT2D eigenvalue weighted by Crippen LogP contribution is -2.20. The van der Waals surface area contributed by atoms with Crippen LogP contribution in [0.2, 0.25) is 0 Å². The van der Waals surface area contributed by atoms with Crippen LogP contribution in [-0.4, -0.2) is 42.4 Å². The van der Waals surface area contributed by atoms with Crippen molar-refractivity contribution in [2.45, 2.75) is 17.0 Å². The number of benzene rings is 2. The fourth-order valence-corrected chi connectivity index (χ4v) is 5.16. The first-order valence-electron chi connectivity index (χ1n) is 10.0. The van der Waals surface area contributed by atoms with Gasteiger partial charge in [-0.15, -0.1) is 16.4 Å². The Bertz CT molecular complexity index is 1470. The molecule has 0 spiro atoms. The molecule has 0 aliphatic carbocycles. The summed E-state index contributed by atoms with van der Waals surface area (Å²) in [6.45, 7) is 1.96. The maximum Gasteiger partial charge on any atom is 0.293 e. The number of nitrogen functional groups attached to an aromatic ring is 1. The topological polar surface area (TPSA) is 150 Å². The van der Waals surface area contributed by atoms with Gasteiger partial charge in [0.1, 0.15) is 0 Å². The quantitative estimate of drug-likeness (QED) is 0.199. The summed E-state index contributed by atoms with van der Waals surface area (Å²) in [6.07, 6.45) is 1.58. The number of rotatable bonds is 7. The molecule has 0 aliphatic heterocycles. The van der Waals surface area contributed by atoms with Crippen LogP contribution in [0.25, 0.3) is 16.0 Å². The summed E-state index contributed by atoms with van der Waals surface area (Å²) in [6, 6.07) is 15.6. The number of carbonyl (C=O) groups excluding carboxylic acids is 1. The van der Waals surface area contributed by atoms with E-state index in [-0.39, 0.29) is 17.3 Å². The molecule has 5 rings (SSSR count). The number of hydrazone groups is 1. The minimum Gasteiger partial charge on any atom is -0.378 e. The highest BCUT2D eigenvalue weighted by Crippen LogP contribution is 2.32. The summed E-state index contributed by atoms with van der Waals surface area (Å²) in [5.74, 6) is -0.0230. The van der Waals surface area contributed by atoms with Crippen LogP contribution in [0.4, 0.5) is 5.82 Å². The van der Waals surface area contributed by atoms with E-state index >= 15 is 0 Å². The molecule has 0 atom stereocenters. The number of fused-ring (bicyclic) bond motifs is 1. The fourth-order valence-electron chi connectivity index (χ4n) is 3.10. The van der Waals surface area contributed by atoms with Crippen molar-refractivity contribution in [1.82, 2.24) is 35.7 Å². The van der Waals surface area contributed by atoms with Crippen LogP contribution in [0, 0.1) is 6.92 Å². The lowest BCUT2D eigenvalue weighted by molar-refractivity contribution is 0.0949.